The van der Waals surface area contributed by atoms with Crippen LogP contribution in [0, 0.1) is 11.3 Å². The molecule has 3 fully saturated rings. The number of hydrogen-bond acceptors (Lipinski definition) is 11. The van der Waals surface area contributed by atoms with Crippen LogP contribution in [0.4, 0.5) is 4.79 Å². The van der Waals surface area contributed by atoms with Gasteiger partial charge >= 0.3 is 6.09 Å². The van der Waals surface area contributed by atoms with E-state index in [2.05, 4.69) is 37.3 Å². The number of hydrogen-bond donors (Lipinski definition) is 3. The number of cyclic esters (lactones) is 1. The topological polar surface area (TPSA) is 204 Å². The summed E-state index contributed by atoms with van der Waals surface area (Å²) in [4.78, 5) is 58.6. The van der Waals surface area contributed by atoms with E-state index >= 15 is 0 Å². The molecule has 1 aromatic heterocycles. The number of allylic oxidation sites excluding steroid dienone is 1. The van der Waals surface area contributed by atoms with Gasteiger partial charge in [-0.15, -0.1) is 21.6 Å². The van der Waals surface area contributed by atoms with Crippen molar-refractivity contribution in [3.05, 3.63) is 48.3 Å². The van der Waals surface area contributed by atoms with Crippen LogP contribution in [0.3, 0.4) is 0 Å². The molecule has 1 saturated heterocycles. The van der Waals surface area contributed by atoms with Crippen LogP contribution in [0.1, 0.15) is 96.9 Å². The molecule has 2 aliphatic heterocycles. The summed E-state index contributed by atoms with van der Waals surface area (Å²) in [5.41, 5.74) is -1.83. The third kappa shape index (κ3) is 8.15. The van der Waals surface area contributed by atoms with E-state index in [1.165, 1.54) is 15.8 Å². The number of carbonyl (C=O) groups excluding carboxylic acids is 4. The summed E-state index contributed by atoms with van der Waals surface area (Å²) in [6, 6.07) is 3.21. The summed E-state index contributed by atoms with van der Waals surface area (Å²) < 4.78 is 39.0. The number of rotatable bonds is 7. The number of carbonyl (C=O) groups is 4. The number of nitrogens with zero attached hydrogens (tertiary/aromatic N) is 5. The first-order chi connectivity index (χ1) is 25.4. The summed E-state index contributed by atoms with van der Waals surface area (Å²) >= 11 is 0. The molecule has 0 unspecified atom stereocenters. The van der Waals surface area contributed by atoms with Gasteiger partial charge < -0.3 is 25.0 Å². The van der Waals surface area contributed by atoms with Gasteiger partial charge in [0.25, 0.3) is 5.91 Å². The van der Waals surface area contributed by atoms with E-state index in [9.17, 15) is 27.6 Å². The van der Waals surface area contributed by atoms with Crippen LogP contribution in [0.5, 0.6) is 5.75 Å². The van der Waals surface area contributed by atoms with Crippen LogP contribution in [-0.2, 0) is 29.1 Å². The molecular weight excluding hydrogens is 717 g/mol. The molecule has 292 valence electrons. The maximum absolute atomic E-state index is 14.6. The standard InChI is InChI=1S/C37H50N8O8S/c1-8-24-20-37(24,33(48)42-54(50,51)26-14-15-26)39-31(46)27-19-23-21-44(27)32(47)29(35(2,3)4)38-34(49)53-36(5,6)17-11-9-10-12-22-18-25(13-16-28(22)52-7)45-41-30(23)40-43-45/h8,10,12-13,16,18,23-24,26-27,29H,1,9,11,14-15,17,19-21H2,2-7H3,(H,38,49)(H,39,46)(H,42,48)/b12-10+/t23-,24-,27+,29-,37-/m1/s1. The summed E-state index contributed by atoms with van der Waals surface area (Å²) in [6.07, 6.45) is 7.74. The minimum atomic E-state index is -3.90. The fraction of sp³-hybridized carbons (Fsp3) is 0.595. The van der Waals surface area contributed by atoms with Gasteiger partial charge in [0.15, 0.2) is 5.82 Å². The Labute approximate surface area is 315 Å². The van der Waals surface area contributed by atoms with Gasteiger partial charge in [-0.1, -0.05) is 39.0 Å². The van der Waals surface area contributed by atoms with E-state index in [0.29, 0.717) is 43.5 Å². The molecular formula is C37H50N8O8S. The van der Waals surface area contributed by atoms with Gasteiger partial charge in [0.1, 0.15) is 29.0 Å². The van der Waals surface area contributed by atoms with Gasteiger partial charge in [0, 0.05) is 23.9 Å². The highest BCUT2D eigenvalue weighted by atomic mass is 32.2. The lowest BCUT2D eigenvalue weighted by Crippen LogP contribution is -2.60. The Morgan fingerprint density at radius 2 is 1.93 bits per heavy atom. The van der Waals surface area contributed by atoms with Crippen molar-refractivity contribution < 1.29 is 37.1 Å². The number of nitrogens with one attached hydrogen (secondary N) is 3. The maximum Gasteiger partial charge on any atom is 0.408 e. The molecule has 2 saturated carbocycles. The first-order valence-corrected chi connectivity index (χ1v) is 19.9. The first-order valence-electron chi connectivity index (χ1n) is 18.3. The maximum atomic E-state index is 14.6. The number of aromatic nitrogens is 4. The molecule has 2 aromatic rings. The zero-order chi connectivity index (χ0) is 39.2. The number of methoxy groups -OCH3 is 1. The van der Waals surface area contributed by atoms with Crippen LogP contribution in [0.25, 0.3) is 11.8 Å². The highest BCUT2D eigenvalue weighted by Gasteiger charge is 2.62. The molecule has 16 nitrogen and oxygen atoms in total. The lowest BCUT2D eigenvalue weighted by molar-refractivity contribution is -0.143. The summed E-state index contributed by atoms with van der Waals surface area (Å²) in [7, 11) is -2.32. The number of fused-ring (bicyclic) bond motifs is 8. The number of benzene rings is 1. The molecule has 5 atom stereocenters. The minimum absolute atomic E-state index is 0.00580. The minimum Gasteiger partial charge on any atom is -0.496 e. The molecule has 1 aromatic carbocycles. The average Bonchev–Trinajstić information content (AvgIpc) is 3.97. The van der Waals surface area contributed by atoms with E-state index in [-0.39, 0.29) is 25.2 Å². The van der Waals surface area contributed by atoms with E-state index in [1.807, 2.05) is 32.1 Å². The van der Waals surface area contributed by atoms with Gasteiger partial charge in [0.2, 0.25) is 21.8 Å². The van der Waals surface area contributed by atoms with Gasteiger partial charge in [0.05, 0.1) is 18.0 Å². The van der Waals surface area contributed by atoms with Crippen molar-refractivity contribution in [2.45, 2.75) is 114 Å². The molecule has 3 N–H and O–H groups in total. The third-order valence-electron chi connectivity index (χ3n) is 10.6. The molecule has 54 heavy (non-hydrogen) atoms. The number of sulfonamides is 1. The van der Waals surface area contributed by atoms with Crippen LogP contribution >= 0.6 is 0 Å². The Morgan fingerprint density at radius 1 is 1.19 bits per heavy atom. The zero-order valence-electron chi connectivity index (χ0n) is 31.6. The van der Waals surface area contributed by atoms with E-state index in [0.717, 1.165) is 5.56 Å². The molecule has 6 bridgehead atoms. The third-order valence-corrected chi connectivity index (χ3v) is 12.4. The Hall–Kier alpha value is -4.80. The molecule has 4 amide bonds. The predicted octanol–water partition coefficient (Wildman–Crippen LogP) is 3.14. The average molecular weight is 767 g/mol. The molecule has 17 heteroatoms. The number of tetrazole rings is 1. The van der Waals surface area contributed by atoms with Crippen molar-refractivity contribution in [1.29, 1.82) is 0 Å². The van der Waals surface area contributed by atoms with Gasteiger partial charge in [-0.2, -0.15) is 0 Å². The second-order valence-electron chi connectivity index (χ2n) is 16.4. The van der Waals surface area contributed by atoms with Crippen LogP contribution in [0.2, 0.25) is 0 Å². The van der Waals surface area contributed by atoms with Crippen LogP contribution in [-0.4, -0.2) is 99.5 Å². The second kappa shape index (κ2) is 14.5. The SMILES string of the molecule is C=C[C@@H]1C[C@]1(NC(=O)[C@@H]1C[C@@H]2CN1C(=O)[C@H](C(C)(C)C)NC(=O)OC(C)(C)CCC/C=C/c1cc(ccc1OC)-n1nnc2n1)C(=O)NS(=O)(=O)C1CC1. The van der Waals surface area contributed by atoms with E-state index < -0.39 is 79.6 Å². The predicted molar refractivity (Wildman–Crippen MR) is 198 cm³/mol. The first kappa shape index (κ1) is 38.9. The lowest BCUT2D eigenvalue weighted by atomic mass is 9.85. The highest BCUT2D eigenvalue weighted by Crippen LogP contribution is 2.46. The fourth-order valence-corrected chi connectivity index (χ4v) is 8.49. The monoisotopic (exact) mass is 766 g/mol. The Kier molecular flexibility index (Phi) is 10.4. The molecule has 2 aliphatic carbocycles. The number of alkyl carbamates (subject to hydrolysis) is 1. The van der Waals surface area contributed by atoms with Gasteiger partial charge in [-0.3, -0.25) is 19.1 Å². The molecule has 0 radical (unpaired) electrons. The van der Waals surface area contributed by atoms with Gasteiger partial charge in [-0.25, -0.2) is 13.2 Å². The van der Waals surface area contributed by atoms with Crippen molar-refractivity contribution >= 4 is 39.9 Å². The normalized spacial score (nSPS) is 27.9. The van der Waals surface area contributed by atoms with Crippen molar-refractivity contribution in [1.82, 2.24) is 40.5 Å². The van der Waals surface area contributed by atoms with Crippen molar-refractivity contribution in [3.8, 4) is 11.4 Å². The fourth-order valence-electron chi connectivity index (χ4n) is 7.13. The highest BCUT2D eigenvalue weighted by molar-refractivity contribution is 7.91. The largest absolute Gasteiger partial charge is 0.496 e. The van der Waals surface area contributed by atoms with Crippen LogP contribution < -0.4 is 20.1 Å². The molecule has 6 rings (SSSR count). The molecule has 0 spiro atoms. The smallest absolute Gasteiger partial charge is 0.408 e. The molecule has 3 heterocycles. The molecule has 4 aliphatic rings. The lowest BCUT2D eigenvalue weighted by Gasteiger charge is -2.36. The van der Waals surface area contributed by atoms with Gasteiger partial charge in [-0.05, 0) is 87.6 Å². The quantitative estimate of drug-likeness (QED) is 0.350. The summed E-state index contributed by atoms with van der Waals surface area (Å²) in [5, 5.41) is 18.2. The van der Waals surface area contributed by atoms with Crippen LogP contribution in [0.15, 0.2) is 36.9 Å². The number of amides is 4. The van der Waals surface area contributed by atoms with Crippen molar-refractivity contribution in [3.63, 3.8) is 0 Å². The zero-order valence-corrected chi connectivity index (χ0v) is 32.4. The van der Waals surface area contributed by atoms with Crippen molar-refractivity contribution in [2.24, 2.45) is 11.3 Å². The van der Waals surface area contributed by atoms with E-state index in [1.54, 1.807) is 40.0 Å². The second-order valence-corrected chi connectivity index (χ2v) is 18.3. The Balaban J connectivity index is 1.36. The Morgan fingerprint density at radius 3 is 2.57 bits per heavy atom. The summed E-state index contributed by atoms with van der Waals surface area (Å²) in [6.45, 7) is 12.8. The van der Waals surface area contributed by atoms with E-state index in [4.69, 9.17) is 9.47 Å². The van der Waals surface area contributed by atoms with Crippen molar-refractivity contribution in [2.75, 3.05) is 13.7 Å². The summed E-state index contributed by atoms with van der Waals surface area (Å²) in [5.74, 6) is -2.22. The Bertz CT molecular complexity index is 1970. The number of ether oxygens (including phenoxy) is 2.